The maximum atomic E-state index is 11.5. The van der Waals surface area contributed by atoms with E-state index in [4.69, 9.17) is 5.84 Å². The van der Waals surface area contributed by atoms with Crippen molar-refractivity contribution in [3.63, 3.8) is 0 Å². The van der Waals surface area contributed by atoms with Crippen LogP contribution in [0.25, 0.3) is 0 Å². The standard InChI is InChI=1S/C8H15N3O2/c1-6(12)11(9)8(13)7-2-4-10-5-3-7/h7,10H,2-5,9H2,1H3. The summed E-state index contributed by atoms with van der Waals surface area (Å²) in [7, 11) is 0. The van der Waals surface area contributed by atoms with Crippen LogP contribution in [-0.2, 0) is 9.59 Å². The predicted octanol–water partition coefficient (Wildman–Crippen LogP) is -0.765. The molecule has 5 heteroatoms. The van der Waals surface area contributed by atoms with Crippen LogP contribution in [0.5, 0.6) is 0 Å². The first-order valence-corrected chi connectivity index (χ1v) is 4.43. The number of carbonyl (C=O) groups excluding carboxylic acids is 2. The van der Waals surface area contributed by atoms with E-state index < -0.39 is 5.91 Å². The van der Waals surface area contributed by atoms with Gasteiger partial charge in [0.2, 0.25) is 11.8 Å². The average Bonchev–Trinajstić information content (AvgIpc) is 2.17. The lowest BCUT2D eigenvalue weighted by Gasteiger charge is -2.24. The number of nitrogens with two attached hydrogens (primary N) is 1. The van der Waals surface area contributed by atoms with Crippen molar-refractivity contribution in [3.05, 3.63) is 0 Å². The van der Waals surface area contributed by atoms with Crippen LogP contribution in [0.2, 0.25) is 0 Å². The van der Waals surface area contributed by atoms with Gasteiger partial charge in [-0.25, -0.2) is 10.9 Å². The van der Waals surface area contributed by atoms with Crippen molar-refractivity contribution in [1.82, 2.24) is 10.3 Å². The SMILES string of the molecule is CC(=O)N(N)C(=O)C1CCNCC1. The molecule has 1 saturated heterocycles. The van der Waals surface area contributed by atoms with Gasteiger partial charge in [0.25, 0.3) is 0 Å². The molecular formula is C8H15N3O2. The molecule has 1 heterocycles. The average molecular weight is 185 g/mol. The number of hydrazine groups is 1. The number of hydrogen-bond acceptors (Lipinski definition) is 4. The zero-order valence-electron chi connectivity index (χ0n) is 7.75. The first-order chi connectivity index (χ1) is 6.13. The molecule has 5 nitrogen and oxygen atoms in total. The van der Waals surface area contributed by atoms with E-state index in [2.05, 4.69) is 5.32 Å². The van der Waals surface area contributed by atoms with Crippen LogP contribution >= 0.6 is 0 Å². The summed E-state index contributed by atoms with van der Waals surface area (Å²) < 4.78 is 0. The molecule has 1 aliphatic heterocycles. The first-order valence-electron chi connectivity index (χ1n) is 4.43. The van der Waals surface area contributed by atoms with E-state index in [1.165, 1.54) is 6.92 Å². The number of piperidine rings is 1. The second kappa shape index (κ2) is 4.34. The second-order valence-corrected chi connectivity index (χ2v) is 3.25. The summed E-state index contributed by atoms with van der Waals surface area (Å²) in [5, 5.41) is 3.86. The van der Waals surface area contributed by atoms with Crippen molar-refractivity contribution in [2.45, 2.75) is 19.8 Å². The Bertz CT molecular complexity index is 211. The molecule has 0 unspecified atom stereocenters. The molecule has 1 aliphatic rings. The Labute approximate surface area is 77.2 Å². The summed E-state index contributed by atoms with van der Waals surface area (Å²) in [4.78, 5) is 22.3. The number of carbonyl (C=O) groups is 2. The van der Waals surface area contributed by atoms with Gasteiger partial charge in [0.05, 0.1) is 0 Å². The fraction of sp³-hybridized carbons (Fsp3) is 0.750. The van der Waals surface area contributed by atoms with Gasteiger partial charge in [0.15, 0.2) is 0 Å². The Morgan fingerprint density at radius 1 is 1.38 bits per heavy atom. The highest BCUT2D eigenvalue weighted by Crippen LogP contribution is 2.13. The van der Waals surface area contributed by atoms with Crippen molar-refractivity contribution >= 4 is 11.8 Å². The summed E-state index contributed by atoms with van der Waals surface area (Å²) >= 11 is 0. The van der Waals surface area contributed by atoms with E-state index >= 15 is 0 Å². The van der Waals surface area contributed by atoms with E-state index in [9.17, 15) is 9.59 Å². The van der Waals surface area contributed by atoms with Crippen LogP contribution in [0.15, 0.2) is 0 Å². The molecule has 3 N–H and O–H groups in total. The molecule has 0 aromatic rings. The fourth-order valence-electron chi connectivity index (χ4n) is 1.42. The highest BCUT2D eigenvalue weighted by atomic mass is 16.2. The molecule has 0 saturated carbocycles. The van der Waals surface area contributed by atoms with Crippen molar-refractivity contribution in [1.29, 1.82) is 0 Å². The monoisotopic (exact) mass is 185 g/mol. The van der Waals surface area contributed by atoms with Crippen LogP contribution in [0.1, 0.15) is 19.8 Å². The minimum atomic E-state index is -0.400. The lowest BCUT2D eigenvalue weighted by atomic mass is 9.97. The smallest absolute Gasteiger partial charge is 0.246 e. The molecule has 2 amide bonds. The number of imide groups is 1. The van der Waals surface area contributed by atoms with Gasteiger partial charge < -0.3 is 5.32 Å². The van der Waals surface area contributed by atoms with Gasteiger partial charge in [-0.2, -0.15) is 0 Å². The van der Waals surface area contributed by atoms with Crippen LogP contribution < -0.4 is 11.2 Å². The van der Waals surface area contributed by atoms with Crippen molar-refractivity contribution in [3.8, 4) is 0 Å². The molecule has 0 spiro atoms. The number of hydrogen-bond donors (Lipinski definition) is 2. The summed E-state index contributed by atoms with van der Waals surface area (Å²) in [5.74, 6) is 4.56. The molecule has 0 radical (unpaired) electrons. The summed E-state index contributed by atoms with van der Waals surface area (Å²) in [6, 6.07) is 0. The molecule has 0 aromatic heterocycles. The summed E-state index contributed by atoms with van der Waals surface area (Å²) in [5.41, 5.74) is 0. The molecule has 0 aromatic carbocycles. The van der Waals surface area contributed by atoms with E-state index in [0.29, 0.717) is 0 Å². The molecular weight excluding hydrogens is 170 g/mol. The summed E-state index contributed by atoms with van der Waals surface area (Å²) in [6.07, 6.45) is 1.53. The maximum Gasteiger partial charge on any atom is 0.246 e. The normalized spacial score (nSPS) is 18.3. The van der Waals surface area contributed by atoms with Crippen LogP contribution in [0.3, 0.4) is 0 Å². The Morgan fingerprint density at radius 3 is 2.38 bits per heavy atom. The Morgan fingerprint density at radius 2 is 1.92 bits per heavy atom. The molecule has 1 rings (SSSR count). The van der Waals surface area contributed by atoms with Gasteiger partial charge >= 0.3 is 0 Å². The van der Waals surface area contributed by atoms with E-state index in [-0.39, 0.29) is 11.8 Å². The Kier molecular flexibility index (Phi) is 3.39. The van der Waals surface area contributed by atoms with Crippen LogP contribution in [0.4, 0.5) is 0 Å². The van der Waals surface area contributed by atoms with Gasteiger partial charge in [-0.1, -0.05) is 0 Å². The third-order valence-electron chi connectivity index (χ3n) is 2.27. The van der Waals surface area contributed by atoms with Gasteiger partial charge in [0, 0.05) is 12.8 Å². The zero-order chi connectivity index (χ0) is 9.84. The third kappa shape index (κ3) is 2.50. The molecule has 74 valence electrons. The maximum absolute atomic E-state index is 11.5. The van der Waals surface area contributed by atoms with Gasteiger partial charge in [-0.15, -0.1) is 0 Å². The number of nitrogens with one attached hydrogen (secondary N) is 1. The van der Waals surface area contributed by atoms with Gasteiger partial charge in [-0.05, 0) is 25.9 Å². The minimum absolute atomic E-state index is 0.0878. The largest absolute Gasteiger partial charge is 0.317 e. The minimum Gasteiger partial charge on any atom is -0.317 e. The van der Waals surface area contributed by atoms with Gasteiger partial charge in [0.1, 0.15) is 0 Å². The lowest BCUT2D eigenvalue weighted by molar-refractivity contribution is -0.147. The van der Waals surface area contributed by atoms with Crippen molar-refractivity contribution in [2.75, 3.05) is 13.1 Å². The highest BCUT2D eigenvalue weighted by molar-refractivity contribution is 5.94. The number of nitrogens with zero attached hydrogens (tertiary/aromatic N) is 1. The quantitative estimate of drug-likeness (QED) is 0.320. The zero-order valence-corrected chi connectivity index (χ0v) is 7.75. The van der Waals surface area contributed by atoms with Crippen LogP contribution in [-0.4, -0.2) is 29.9 Å². The topological polar surface area (TPSA) is 75.4 Å². The summed E-state index contributed by atoms with van der Waals surface area (Å²) in [6.45, 7) is 2.93. The van der Waals surface area contributed by atoms with E-state index in [1.54, 1.807) is 0 Å². The number of amides is 2. The van der Waals surface area contributed by atoms with Crippen molar-refractivity contribution in [2.24, 2.45) is 11.8 Å². The second-order valence-electron chi connectivity index (χ2n) is 3.25. The first kappa shape index (κ1) is 10.1. The van der Waals surface area contributed by atoms with E-state index in [1.807, 2.05) is 0 Å². The highest BCUT2D eigenvalue weighted by Gasteiger charge is 2.25. The van der Waals surface area contributed by atoms with Crippen molar-refractivity contribution < 1.29 is 9.59 Å². The predicted molar refractivity (Wildman–Crippen MR) is 47.3 cm³/mol. The Hall–Kier alpha value is -0.940. The fourth-order valence-corrected chi connectivity index (χ4v) is 1.42. The molecule has 0 bridgehead atoms. The lowest BCUT2D eigenvalue weighted by Crippen LogP contribution is -2.47. The molecule has 1 fully saturated rings. The molecule has 13 heavy (non-hydrogen) atoms. The molecule has 0 aliphatic carbocycles. The Balaban J connectivity index is 2.50. The van der Waals surface area contributed by atoms with Gasteiger partial charge in [-0.3, -0.25) is 9.59 Å². The van der Waals surface area contributed by atoms with E-state index in [0.717, 1.165) is 30.9 Å². The third-order valence-corrected chi connectivity index (χ3v) is 2.27. The van der Waals surface area contributed by atoms with Crippen LogP contribution in [0, 0.1) is 5.92 Å². The number of rotatable bonds is 1. The molecule has 0 atom stereocenters.